The molecule has 1 aromatic carbocycles. The molecule has 0 unspecified atom stereocenters. The molecule has 1 spiro atoms. The summed E-state index contributed by atoms with van der Waals surface area (Å²) in [6, 6.07) is 5.38. The van der Waals surface area contributed by atoms with Gasteiger partial charge in [0, 0.05) is 32.2 Å². The number of fused-ring (bicyclic) bond motifs is 1. The minimum atomic E-state index is -0.364. The van der Waals surface area contributed by atoms with E-state index in [1.807, 2.05) is 37.6 Å². The third-order valence-electron chi connectivity index (χ3n) is 7.06. The molecule has 0 aliphatic carbocycles. The summed E-state index contributed by atoms with van der Waals surface area (Å²) < 4.78 is 18.5. The minimum Gasteiger partial charge on any atom is -0.497 e. The van der Waals surface area contributed by atoms with Crippen LogP contribution >= 0.6 is 0 Å². The lowest BCUT2D eigenvalue weighted by atomic mass is 9.76. The van der Waals surface area contributed by atoms with E-state index in [0.717, 1.165) is 55.0 Å². The van der Waals surface area contributed by atoms with Gasteiger partial charge in [0.05, 0.1) is 36.2 Å². The van der Waals surface area contributed by atoms with Crippen LogP contribution in [0.5, 0.6) is 5.75 Å². The SMILES string of the molecule is CCc1nn(C[C@@H](C)COC(=O)c2cc(OC)ccc2C)c2c1C(=O)NCC1(CCOCC1)C2. The lowest BCUT2D eigenvalue weighted by Crippen LogP contribution is -2.41. The van der Waals surface area contributed by atoms with Gasteiger partial charge in [0.15, 0.2) is 0 Å². The molecule has 2 aromatic rings. The van der Waals surface area contributed by atoms with E-state index in [2.05, 4.69) is 5.32 Å². The highest BCUT2D eigenvalue weighted by Crippen LogP contribution is 2.37. The van der Waals surface area contributed by atoms with Gasteiger partial charge in [-0.15, -0.1) is 0 Å². The number of methoxy groups -OCH3 is 1. The third kappa shape index (κ3) is 4.97. The number of esters is 1. The first-order chi connectivity index (χ1) is 16.4. The van der Waals surface area contributed by atoms with Gasteiger partial charge in [0.25, 0.3) is 5.91 Å². The second kappa shape index (κ2) is 10.2. The predicted octanol–water partition coefficient (Wildman–Crippen LogP) is 3.34. The van der Waals surface area contributed by atoms with Crippen molar-refractivity contribution in [2.24, 2.45) is 11.3 Å². The lowest BCUT2D eigenvalue weighted by Gasteiger charge is -2.36. The van der Waals surface area contributed by atoms with Gasteiger partial charge in [-0.1, -0.05) is 19.9 Å². The van der Waals surface area contributed by atoms with E-state index in [4.69, 9.17) is 19.3 Å². The van der Waals surface area contributed by atoms with E-state index < -0.39 is 0 Å². The Morgan fingerprint density at radius 2 is 2.09 bits per heavy atom. The molecular weight excluding hydrogens is 434 g/mol. The van der Waals surface area contributed by atoms with Crippen LogP contribution in [0.3, 0.4) is 0 Å². The van der Waals surface area contributed by atoms with Gasteiger partial charge >= 0.3 is 5.97 Å². The summed E-state index contributed by atoms with van der Waals surface area (Å²) >= 11 is 0. The third-order valence-corrected chi connectivity index (χ3v) is 7.06. The van der Waals surface area contributed by atoms with Crippen molar-refractivity contribution >= 4 is 11.9 Å². The zero-order chi connectivity index (χ0) is 24.3. The molecule has 1 atom stereocenters. The maximum atomic E-state index is 13.0. The van der Waals surface area contributed by atoms with E-state index in [0.29, 0.717) is 30.8 Å². The van der Waals surface area contributed by atoms with Crippen molar-refractivity contribution < 1.29 is 23.8 Å². The molecule has 2 aliphatic rings. The van der Waals surface area contributed by atoms with Crippen LogP contribution in [0.4, 0.5) is 0 Å². The molecule has 0 radical (unpaired) electrons. The van der Waals surface area contributed by atoms with E-state index >= 15 is 0 Å². The van der Waals surface area contributed by atoms with Crippen LogP contribution < -0.4 is 10.1 Å². The van der Waals surface area contributed by atoms with Gasteiger partial charge in [-0.2, -0.15) is 5.10 Å². The van der Waals surface area contributed by atoms with Crippen LogP contribution in [0.15, 0.2) is 18.2 Å². The van der Waals surface area contributed by atoms with Crippen molar-refractivity contribution in [2.75, 3.05) is 33.5 Å². The normalized spacial score (nSPS) is 18.1. The standard InChI is InChI=1S/C26H35N3O5/c1-5-21-23-22(13-26(16-27-24(23)30)8-10-33-11-9-26)29(28-21)14-17(2)15-34-25(31)20-12-19(32-4)7-6-18(20)3/h6-7,12,17H,5,8-11,13-16H2,1-4H3,(H,27,30)/t17-/m1/s1. The lowest BCUT2D eigenvalue weighted by molar-refractivity contribution is 0.0151. The molecule has 184 valence electrons. The first kappa shape index (κ1) is 24.3. The van der Waals surface area contributed by atoms with Crippen LogP contribution in [0.2, 0.25) is 0 Å². The summed E-state index contributed by atoms with van der Waals surface area (Å²) in [5, 5.41) is 7.96. The first-order valence-corrected chi connectivity index (χ1v) is 12.1. The fourth-order valence-corrected chi connectivity index (χ4v) is 4.92. The molecule has 0 saturated carbocycles. The van der Waals surface area contributed by atoms with Crippen LogP contribution in [0.25, 0.3) is 0 Å². The van der Waals surface area contributed by atoms with Gasteiger partial charge in [0.1, 0.15) is 5.75 Å². The Hall–Kier alpha value is -2.87. The molecule has 34 heavy (non-hydrogen) atoms. The monoisotopic (exact) mass is 469 g/mol. The number of hydrogen-bond acceptors (Lipinski definition) is 6. The van der Waals surface area contributed by atoms with Gasteiger partial charge < -0.3 is 19.5 Å². The van der Waals surface area contributed by atoms with Gasteiger partial charge in [-0.3, -0.25) is 9.48 Å². The van der Waals surface area contributed by atoms with E-state index in [1.165, 1.54) is 0 Å². The molecule has 0 bridgehead atoms. The van der Waals surface area contributed by atoms with Crippen LogP contribution in [-0.4, -0.2) is 55.1 Å². The molecule has 1 fully saturated rings. The van der Waals surface area contributed by atoms with Gasteiger partial charge in [-0.25, -0.2) is 4.79 Å². The average molecular weight is 470 g/mol. The zero-order valence-electron chi connectivity index (χ0n) is 20.6. The van der Waals surface area contributed by atoms with Crippen molar-refractivity contribution in [2.45, 2.75) is 53.0 Å². The van der Waals surface area contributed by atoms with E-state index in [1.54, 1.807) is 13.2 Å². The number of ether oxygens (including phenoxy) is 3. The summed E-state index contributed by atoms with van der Waals surface area (Å²) in [5.74, 6) is 0.254. The van der Waals surface area contributed by atoms with Gasteiger partial charge in [0.2, 0.25) is 0 Å². The Morgan fingerprint density at radius 1 is 1.32 bits per heavy atom. The Balaban J connectivity index is 1.50. The molecule has 3 heterocycles. The number of rotatable bonds is 7. The molecule has 2 aliphatic heterocycles. The Bertz CT molecular complexity index is 1050. The molecule has 1 aromatic heterocycles. The number of benzene rings is 1. The first-order valence-electron chi connectivity index (χ1n) is 12.1. The number of aryl methyl sites for hydroxylation is 2. The maximum Gasteiger partial charge on any atom is 0.338 e. The molecule has 4 rings (SSSR count). The van der Waals surface area contributed by atoms with Crippen molar-refractivity contribution in [3.8, 4) is 5.75 Å². The maximum absolute atomic E-state index is 13.0. The van der Waals surface area contributed by atoms with E-state index in [9.17, 15) is 9.59 Å². The van der Waals surface area contributed by atoms with Crippen LogP contribution in [0.1, 0.15) is 64.4 Å². The van der Waals surface area contributed by atoms with Crippen molar-refractivity contribution in [1.82, 2.24) is 15.1 Å². The Kier molecular flexibility index (Phi) is 7.26. The molecule has 8 nitrogen and oxygen atoms in total. The Labute approximate surface area is 201 Å². The zero-order valence-corrected chi connectivity index (χ0v) is 20.6. The van der Waals surface area contributed by atoms with Crippen molar-refractivity contribution in [3.05, 3.63) is 46.3 Å². The Morgan fingerprint density at radius 3 is 2.79 bits per heavy atom. The molecule has 8 heteroatoms. The highest BCUT2D eigenvalue weighted by Gasteiger charge is 2.39. The number of aromatic nitrogens is 2. The summed E-state index contributed by atoms with van der Waals surface area (Å²) in [6.07, 6.45) is 3.34. The van der Waals surface area contributed by atoms with Gasteiger partial charge in [-0.05, 0) is 55.7 Å². The number of nitrogens with one attached hydrogen (secondary N) is 1. The average Bonchev–Trinajstić information content (AvgIpc) is 3.11. The summed E-state index contributed by atoms with van der Waals surface area (Å²) in [5.41, 5.74) is 3.90. The summed E-state index contributed by atoms with van der Waals surface area (Å²) in [7, 11) is 1.57. The molecule has 1 saturated heterocycles. The number of amides is 1. The summed E-state index contributed by atoms with van der Waals surface area (Å²) in [6.45, 7) is 8.88. The van der Waals surface area contributed by atoms with Crippen molar-refractivity contribution in [3.63, 3.8) is 0 Å². The minimum absolute atomic E-state index is 0.00154. The number of carbonyl (C=O) groups is 2. The molecule has 1 amide bonds. The summed E-state index contributed by atoms with van der Waals surface area (Å²) in [4.78, 5) is 25.7. The highest BCUT2D eigenvalue weighted by atomic mass is 16.5. The number of hydrogen-bond donors (Lipinski definition) is 1. The predicted molar refractivity (Wildman–Crippen MR) is 127 cm³/mol. The van der Waals surface area contributed by atoms with Crippen molar-refractivity contribution in [1.29, 1.82) is 0 Å². The fourth-order valence-electron chi connectivity index (χ4n) is 4.92. The van der Waals surface area contributed by atoms with Crippen LogP contribution in [-0.2, 0) is 28.9 Å². The largest absolute Gasteiger partial charge is 0.497 e. The quantitative estimate of drug-likeness (QED) is 0.626. The number of carbonyl (C=O) groups excluding carboxylic acids is 2. The second-order valence-electron chi connectivity index (χ2n) is 9.66. The highest BCUT2D eigenvalue weighted by molar-refractivity contribution is 5.97. The fraction of sp³-hybridized carbons (Fsp3) is 0.577. The molecule has 1 N–H and O–H groups in total. The van der Waals surface area contributed by atoms with E-state index in [-0.39, 0.29) is 29.8 Å². The smallest absolute Gasteiger partial charge is 0.338 e. The topological polar surface area (TPSA) is 91.7 Å². The second-order valence-corrected chi connectivity index (χ2v) is 9.66. The molecular formula is C26H35N3O5. The number of nitrogens with zero attached hydrogens (tertiary/aromatic N) is 2. The van der Waals surface area contributed by atoms with Crippen LogP contribution in [0, 0.1) is 18.3 Å².